The van der Waals surface area contributed by atoms with Gasteiger partial charge in [-0.05, 0) is 36.2 Å². The van der Waals surface area contributed by atoms with E-state index in [4.69, 9.17) is 28.2 Å². The van der Waals surface area contributed by atoms with E-state index in [0.29, 0.717) is 10.0 Å². The van der Waals surface area contributed by atoms with Crippen LogP contribution in [0, 0.1) is 0 Å². The quantitative estimate of drug-likeness (QED) is 0.421. The monoisotopic (exact) mass is 393 g/mol. The molecule has 0 radical (unpaired) electrons. The predicted molar refractivity (Wildman–Crippen MR) is 112 cm³/mol. The van der Waals surface area contributed by atoms with Crippen LogP contribution in [0.2, 0.25) is 10.0 Å². The van der Waals surface area contributed by atoms with Gasteiger partial charge in [0.05, 0.1) is 23.1 Å². The Morgan fingerprint density at radius 1 is 0.852 bits per heavy atom. The van der Waals surface area contributed by atoms with E-state index in [1.165, 1.54) is 5.56 Å². The van der Waals surface area contributed by atoms with Gasteiger partial charge in [0.1, 0.15) is 0 Å². The zero-order valence-electron chi connectivity index (χ0n) is 14.4. The average molecular weight is 394 g/mol. The molecular weight excluding hydrogens is 377 g/mol. The number of fused-ring (bicyclic) bond motifs is 3. The van der Waals surface area contributed by atoms with E-state index < -0.39 is 0 Å². The number of nitrogens with zero attached hydrogens (tertiary/aromatic N) is 2. The smallest absolute Gasteiger partial charge is 0.204 e. The van der Waals surface area contributed by atoms with Gasteiger partial charge in [0.15, 0.2) is 0 Å². The summed E-state index contributed by atoms with van der Waals surface area (Å²) in [5.41, 5.74) is 4.21. The molecule has 0 saturated carbocycles. The van der Waals surface area contributed by atoms with Crippen molar-refractivity contribution in [3.05, 3.63) is 94.0 Å². The highest BCUT2D eigenvalue weighted by Gasteiger charge is 2.33. The van der Waals surface area contributed by atoms with E-state index in [1.54, 1.807) is 0 Å². The van der Waals surface area contributed by atoms with E-state index in [1.807, 2.05) is 42.5 Å². The summed E-state index contributed by atoms with van der Waals surface area (Å²) in [4.78, 5) is 4.83. The molecule has 0 saturated heterocycles. The molecule has 1 N–H and O–H groups in total. The normalized spacial score (nSPS) is 18.9. The number of rotatable bonds is 2. The first-order chi connectivity index (χ1) is 13.2. The first-order valence-electron chi connectivity index (χ1n) is 8.95. The van der Waals surface area contributed by atoms with Crippen LogP contribution >= 0.6 is 23.2 Å². The van der Waals surface area contributed by atoms with Gasteiger partial charge in [-0.2, -0.15) is 0 Å². The van der Waals surface area contributed by atoms with Gasteiger partial charge in [-0.15, -0.1) is 0 Å². The fourth-order valence-electron chi connectivity index (χ4n) is 3.99. The van der Waals surface area contributed by atoms with Crippen LogP contribution in [0.5, 0.6) is 0 Å². The Morgan fingerprint density at radius 2 is 1.56 bits per heavy atom. The van der Waals surface area contributed by atoms with Crippen LogP contribution in [0.1, 0.15) is 29.6 Å². The summed E-state index contributed by atoms with van der Waals surface area (Å²) in [5.74, 6) is 0.845. The maximum absolute atomic E-state index is 6.60. The van der Waals surface area contributed by atoms with E-state index in [9.17, 15) is 0 Å². The third-order valence-electron chi connectivity index (χ3n) is 5.20. The Balaban J connectivity index is 1.73. The second-order valence-corrected chi connectivity index (χ2v) is 7.60. The molecule has 0 bridgehead atoms. The molecule has 0 spiro atoms. The van der Waals surface area contributed by atoms with Gasteiger partial charge in [-0.25, -0.2) is 4.98 Å². The van der Waals surface area contributed by atoms with Crippen LogP contribution in [0.15, 0.2) is 72.8 Å². The first kappa shape index (κ1) is 16.7. The van der Waals surface area contributed by atoms with Crippen molar-refractivity contribution in [3.8, 4) is 0 Å². The summed E-state index contributed by atoms with van der Waals surface area (Å²) < 4.78 is 2.22. The number of aromatic nitrogens is 2. The highest BCUT2D eigenvalue weighted by molar-refractivity contribution is 6.36. The van der Waals surface area contributed by atoms with Crippen molar-refractivity contribution >= 4 is 40.2 Å². The SMILES string of the molecule is Clc1cccc(Cl)c1[C@@H]1C[C@@H](c2ccccc2)Nc2nc3ccccc3n21. The Kier molecular flexibility index (Phi) is 4.07. The topological polar surface area (TPSA) is 29.9 Å². The number of benzene rings is 3. The van der Waals surface area contributed by atoms with Crippen molar-refractivity contribution in [2.24, 2.45) is 0 Å². The lowest BCUT2D eigenvalue weighted by Gasteiger charge is -2.34. The number of hydrogen-bond acceptors (Lipinski definition) is 2. The number of anilines is 1. The van der Waals surface area contributed by atoms with Crippen molar-refractivity contribution in [1.29, 1.82) is 0 Å². The Hall–Kier alpha value is -2.49. The van der Waals surface area contributed by atoms with Crippen LogP contribution in [-0.4, -0.2) is 9.55 Å². The van der Waals surface area contributed by atoms with Crippen molar-refractivity contribution in [2.45, 2.75) is 18.5 Å². The summed E-state index contributed by atoms with van der Waals surface area (Å²) in [6.07, 6.45) is 0.834. The molecule has 2 atom stereocenters. The number of halogens is 2. The molecule has 3 nitrogen and oxygen atoms in total. The standard InChI is InChI=1S/C22H17Cl2N3/c23-15-9-6-10-16(24)21(15)20-13-18(14-7-2-1-3-8-14)26-22-25-17-11-4-5-12-19(17)27(20)22/h1-12,18,20H,13H2,(H,25,26)/t18-,20-/m0/s1. The van der Waals surface area contributed by atoms with Crippen LogP contribution in [0.25, 0.3) is 11.0 Å². The molecule has 27 heavy (non-hydrogen) atoms. The number of nitrogens with one attached hydrogen (secondary N) is 1. The summed E-state index contributed by atoms with van der Waals surface area (Å²) in [6.45, 7) is 0. The molecule has 3 aromatic carbocycles. The molecular formula is C22H17Cl2N3. The maximum atomic E-state index is 6.60. The molecule has 0 unspecified atom stereocenters. The highest BCUT2D eigenvalue weighted by atomic mass is 35.5. The minimum absolute atomic E-state index is 0.0000520. The number of imidazole rings is 1. The van der Waals surface area contributed by atoms with Gasteiger partial charge < -0.3 is 9.88 Å². The van der Waals surface area contributed by atoms with Gasteiger partial charge in [0.25, 0.3) is 0 Å². The second kappa shape index (κ2) is 6.59. The molecule has 0 aliphatic carbocycles. The summed E-state index contributed by atoms with van der Waals surface area (Å²) >= 11 is 13.2. The second-order valence-electron chi connectivity index (χ2n) is 6.79. The Morgan fingerprint density at radius 3 is 2.33 bits per heavy atom. The molecule has 0 amide bonds. The zero-order valence-corrected chi connectivity index (χ0v) is 16.0. The molecule has 134 valence electrons. The summed E-state index contributed by atoms with van der Waals surface area (Å²) in [7, 11) is 0. The van der Waals surface area contributed by atoms with E-state index >= 15 is 0 Å². The third-order valence-corrected chi connectivity index (χ3v) is 5.86. The Labute approximate surface area is 167 Å². The molecule has 1 aromatic heterocycles. The largest absolute Gasteiger partial charge is 0.349 e. The summed E-state index contributed by atoms with van der Waals surface area (Å²) in [5, 5.41) is 4.98. The van der Waals surface area contributed by atoms with Crippen molar-refractivity contribution in [1.82, 2.24) is 9.55 Å². The van der Waals surface area contributed by atoms with Crippen molar-refractivity contribution in [2.75, 3.05) is 5.32 Å². The fourth-order valence-corrected chi connectivity index (χ4v) is 4.64. The zero-order chi connectivity index (χ0) is 18.4. The van der Waals surface area contributed by atoms with Gasteiger partial charge in [0.2, 0.25) is 5.95 Å². The predicted octanol–water partition coefficient (Wildman–Crippen LogP) is 6.49. The number of para-hydroxylation sites is 2. The van der Waals surface area contributed by atoms with Crippen molar-refractivity contribution in [3.63, 3.8) is 0 Å². The minimum atomic E-state index is 0.0000520. The fraction of sp³-hybridized carbons (Fsp3) is 0.136. The lowest BCUT2D eigenvalue weighted by Crippen LogP contribution is -2.27. The third kappa shape index (κ3) is 2.78. The van der Waals surface area contributed by atoms with E-state index in [0.717, 1.165) is 29.0 Å². The minimum Gasteiger partial charge on any atom is -0.349 e. The molecule has 1 aliphatic rings. The average Bonchev–Trinajstić information content (AvgIpc) is 3.07. The van der Waals surface area contributed by atoms with E-state index in [-0.39, 0.29) is 12.1 Å². The van der Waals surface area contributed by atoms with Crippen LogP contribution in [-0.2, 0) is 0 Å². The lowest BCUT2D eigenvalue weighted by molar-refractivity contribution is 0.478. The van der Waals surface area contributed by atoms with Crippen molar-refractivity contribution < 1.29 is 0 Å². The molecule has 5 rings (SSSR count). The first-order valence-corrected chi connectivity index (χ1v) is 9.70. The van der Waals surface area contributed by atoms with Crippen LogP contribution in [0.4, 0.5) is 5.95 Å². The van der Waals surface area contributed by atoms with Gasteiger partial charge in [-0.1, -0.05) is 71.7 Å². The van der Waals surface area contributed by atoms with E-state index in [2.05, 4.69) is 40.2 Å². The molecule has 1 aliphatic heterocycles. The molecule has 2 heterocycles. The van der Waals surface area contributed by atoms with Gasteiger partial charge in [0, 0.05) is 15.6 Å². The van der Waals surface area contributed by atoms with Gasteiger partial charge in [-0.3, -0.25) is 0 Å². The van der Waals surface area contributed by atoms with Crippen LogP contribution < -0.4 is 5.32 Å². The molecule has 4 aromatic rings. The summed E-state index contributed by atoms with van der Waals surface area (Å²) in [6, 6.07) is 24.4. The highest BCUT2D eigenvalue weighted by Crippen LogP contribution is 2.44. The van der Waals surface area contributed by atoms with Gasteiger partial charge >= 0.3 is 0 Å². The molecule has 5 heteroatoms. The maximum Gasteiger partial charge on any atom is 0.204 e. The Bertz CT molecular complexity index is 1100. The lowest BCUT2D eigenvalue weighted by atomic mass is 9.92. The molecule has 0 fully saturated rings. The van der Waals surface area contributed by atoms with Crippen LogP contribution in [0.3, 0.4) is 0 Å². The number of hydrogen-bond donors (Lipinski definition) is 1.